The average Bonchev–Trinajstić information content (AvgIpc) is 2.05. The van der Waals surface area contributed by atoms with Gasteiger partial charge in [0, 0.05) is 0 Å². The minimum atomic E-state index is 0. The number of halogens is 1. The first kappa shape index (κ1) is 8.05. The van der Waals surface area contributed by atoms with E-state index in [9.17, 15) is 0 Å². The third-order valence-electron chi connectivity index (χ3n) is 1.82. The average molecular weight is 154 g/mol. The molecule has 0 saturated heterocycles. The largest absolute Gasteiger partial charge is 0.493 e. The Labute approximate surface area is 65.4 Å². The number of hydrogen-bond acceptors (Lipinski definition) is 1. The first-order chi connectivity index (χ1) is 4.97. The van der Waals surface area contributed by atoms with E-state index >= 15 is 0 Å². The first-order valence-corrected chi connectivity index (χ1v) is 3.67. The summed E-state index contributed by atoms with van der Waals surface area (Å²) in [5.74, 6) is 1.08. The van der Waals surface area contributed by atoms with E-state index in [1.807, 2.05) is 12.1 Å². The Hall–Kier alpha value is -1.05. The Morgan fingerprint density at radius 3 is 2.82 bits per heavy atom. The molecule has 0 aromatic heterocycles. The summed E-state index contributed by atoms with van der Waals surface area (Å²) in [6.45, 7) is 0.886. The molecule has 1 aromatic carbocycles. The van der Waals surface area contributed by atoms with Gasteiger partial charge in [0.1, 0.15) is 5.75 Å². The highest BCUT2D eigenvalue weighted by molar-refractivity contribution is 5.34. The predicted molar refractivity (Wildman–Crippen MR) is 42.8 cm³/mol. The normalized spacial score (nSPS) is 14.2. The maximum absolute atomic E-state index is 5.42. The molecule has 0 saturated carbocycles. The number of ether oxygens (including phenoxy) is 1. The minimum Gasteiger partial charge on any atom is -0.493 e. The summed E-state index contributed by atoms with van der Waals surface area (Å²) in [5, 5.41) is 0. The SMILES string of the molecule is F.c1ccc2c(c1)CCCO2. The van der Waals surface area contributed by atoms with Crippen molar-refractivity contribution in [3.05, 3.63) is 29.8 Å². The van der Waals surface area contributed by atoms with Crippen molar-refractivity contribution in [3.8, 4) is 5.75 Å². The zero-order valence-corrected chi connectivity index (χ0v) is 6.25. The molecule has 0 radical (unpaired) electrons. The van der Waals surface area contributed by atoms with Crippen LogP contribution in [-0.4, -0.2) is 6.61 Å². The van der Waals surface area contributed by atoms with Gasteiger partial charge in [0.15, 0.2) is 0 Å². The summed E-state index contributed by atoms with van der Waals surface area (Å²) in [4.78, 5) is 0. The highest BCUT2D eigenvalue weighted by Gasteiger charge is 2.06. The Morgan fingerprint density at radius 2 is 2.00 bits per heavy atom. The van der Waals surface area contributed by atoms with E-state index < -0.39 is 0 Å². The molecule has 11 heavy (non-hydrogen) atoms. The van der Waals surface area contributed by atoms with Gasteiger partial charge in [0.05, 0.1) is 6.61 Å². The van der Waals surface area contributed by atoms with E-state index in [0.29, 0.717) is 0 Å². The molecule has 0 unspecified atom stereocenters. The van der Waals surface area contributed by atoms with Crippen LogP contribution < -0.4 is 4.74 Å². The van der Waals surface area contributed by atoms with Crippen molar-refractivity contribution in [2.24, 2.45) is 0 Å². The number of hydrogen-bond donors (Lipinski definition) is 0. The van der Waals surface area contributed by atoms with E-state index in [1.165, 1.54) is 12.0 Å². The van der Waals surface area contributed by atoms with Crippen molar-refractivity contribution in [1.82, 2.24) is 0 Å². The molecule has 0 N–H and O–H groups in total. The first-order valence-electron chi connectivity index (χ1n) is 3.67. The van der Waals surface area contributed by atoms with Crippen molar-refractivity contribution in [3.63, 3.8) is 0 Å². The second-order valence-corrected chi connectivity index (χ2v) is 2.56. The summed E-state index contributed by atoms with van der Waals surface area (Å²) in [6.07, 6.45) is 2.34. The van der Waals surface area contributed by atoms with Gasteiger partial charge in [-0.2, -0.15) is 0 Å². The van der Waals surface area contributed by atoms with Gasteiger partial charge >= 0.3 is 0 Å². The summed E-state index contributed by atoms with van der Waals surface area (Å²) >= 11 is 0. The lowest BCUT2D eigenvalue weighted by Gasteiger charge is -2.15. The lowest BCUT2D eigenvalue weighted by Crippen LogP contribution is -2.07. The molecule has 1 heterocycles. The van der Waals surface area contributed by atoms with E-state index in [1.54, 1.807) is 0 Å². The molecule has 0 atom stereocenters. The summed E-state index contributed by atoms with van der Waals surface area (Å²) in [6, 6.07) is 8.25. The zero-order chi connectivity index (χ0) is 6.81. The molecule has 2 heteroatoms. The van der Waals surface area contributed by atoms with Crippen LogP contribution >= 0.6 is 0 Å². The molecule has 60 valence electrons. The molecular formula is C9H11FO. The van der Waals surface area contributed by atoms with Crippen LogP contribution in [0.5, 0.6) is 5.75 Å². The molecule has 2 rings (SSSR count). The maximum Gasteiger partial charge on any atom is 0.122 e. The Balaban J connectivity index is 0.000000605. The van der Waals surface area contributed by atoms with Gasteiger partial charge in [-0.25, -0.2) is 0 Å². The zero-order valence-electron chi connectivity index (χ0n) is 6.25. The van der Waals surface area contributed by atoms with Gasteiger partial charge in [-0.3, -0.25) is 4.70 Å². The van der Waals surface area contributed by atoms with Crippen molar-refractivity contribution in [1.29, 1.82) is 0 Å². The van der Waals surface area contributed by atoms with Crippen LogP contribution in [0, 0.1) is 0 Å². The van der Waals surface area contributed by atoms with E-state index in [2.05, 4.69) is 12.1 Å². The van der Waals surface area contributed by atoms with Crippen molar-refractivity contribution < 1.29 is 9.44 Å². The van der Waals surface area contributed by atoms with E-state index in [4.69, 9.17) is 4.74 Å². The van der Waals surface area contributed by atoms with Crippen LogP contribution in [0.1, 0.15) is 12.0 Å². The summed E-state index contributed by atoms with van der Waals surface area (Å²) in [7, 11) is 0. The molecule has 0 aliphatic carbocycles. The molecule has 1 aliphatic rings. The van der Waals surface area contributed by atoms with Crippen LogP contribution in [0.25, 0.3) is 0 Å². The third kappa shape index (κ3) is 1.50. The lowest BCUT2D eigenvalue weighted by molar-refractivity contribution is 0.288. The number of aryl methyl sites for hydroxylation is 1. The minimum absolute atomic E-state index is 0. The number of benzene rings is 1. The second kappa shape index (κ2) is 3.37. The van der Waals surface area contributed by atoms with Crippen LogP contribution in [-0.2, 0) is 6.42 Å². The van der Waals surface area contributed by atoms with Crippen molar-refractivity contribution in [2.45, 2.75) is 12.8 Å². The predicted octanol–water partition coefficient (Wildman–Crippen LogP) is 2.16. The fourth-order valence-corrected chi connectivity index (χ4v) is 1.30. The van der Waals surface area contributed by atoms with E-state index in [-0.39, 0.29) is 4.70 Å². The second-order valence-electron chi connectivity index (χ2n) is 2.56. The van der Waals surface area contributed by atoms with Gasteiger partial charge in [-0.1, -0.05) is 18.2 Å². The van der Waals surface area contributed by atoms with Gasteiger partial charge in [-0.05, 0) is 24.5 Å². The lowest BCUT2D eigenvalue weighted by atomic mass is 10.1. The molecule has 0 bridgehead atoms. The quantitative estimate of drug-likeness (QED) is 0.556. The Morgan fingerprint density at radius 1 is 1.18 bits per heavy atom. The Kier molecular flexibility index (Phi) is 2.47. The number of fused-ring (bicyclic) bond motifs is 1. The fraction of sp³-hybridized carbons (Fsp3) is 0.333. The Bertz CT molecular complexity index is 210. The standard InChI is InChI=1S/C9H10O.FH/c1-2-6-9-8(4-1)5-3-7-10-9;/h1-2,4,6H,3,5,7H2;1H. The van der Waals surface area contributed by atoms with Crippen LogP contribution in [0.4, 0.5) is 4.70 Å². The highest BCUT2D eigenvalue weighted by atomic mass is 19.0. The molecule has 1 nitrogen and oxygen atoms in total. The third-order valence-corrected chi connectivity index (χ3v) is 1.82. The van der Waals surface area contributed by atoms with Gasteiger partial charge in [0.2, 0.25) is 0 Å². The molecule has 1 aromatic rings. The van der Waals surface area contributed by atoms with Crippen LogP contribution in [0.15, 0.2) is 24.3 Å². The summed E-state index contributed by atoms with van der Waals surface area (Å²) in [5.41, 5.74) is 1.36. The molecular weight excluding hydrogens is 143 g/mol. The van der Waals surface area contributed by atoms with Crippen molar-refractivity contribution in [2.75, 3.05) is 6.61 Å². The topological polar surface area (TPSA) is 9.23 Å². The monoisotopic (exact) mass is 154 g/mol. The number of rotatable bonds is 0. The van der Waals surface area contributed by atoms with Gasteiger partial charge in [0.25, 0.3) is 0 Å². The van der Waals surface area contributed by atoms with Crippen LogP contribution in [0.2, 0.25) is 0 Å². The maximum atomic E-state index is 5.42. The van der Waals surface area contributed by atoms with Crippen molar-refractivity contribution >= 4 is 0 Å². The fourth-order valence-electron chi connectivity index (χ4n) is 1.30. The van der Waals surface area contributed by atoms with Gasteiger partial charge in [-0.15, -0.1) is 0 Å². The molecule has 1 aliphatic heterocycles. The van der Waals surface area contributed by atoms with E-state index in [0.717, 1.165) is 18.8 Å². The molecule has 0 spiro atoms. The number of para-hydroxylation sites is 1. The smallest absolute Gasteiger partial charge is 0.122 e. The van der Waals surface area contributed by atoms with Gasteiger partial charge < -0.3 is 4.74 Å². The highest BCUT2D eigenvalue weighted by Crippen LogP contribution is 2.22. The van der Waals surface area contributed by atoms with Crippen LogP contribution in [0.3, 0.4) is 0 Å². The summed E-state index contributed by atoms with van der Waals surface area (Å²) < 4.78 is 5.42. The molecule has 0 amide bonds. The molecule has 0 fully saturated rings.